The van der Waals surface area contributed by atoms with Gasteiger partial charge in [-0.15, -0.1) is 0 Å². The number of hydrogen-bond donors (Lipinski definition) is 1. The molecule has 16 heavy (non-hydrogen) atoms. The van der Waals surface area contributed by atoms with Crippen molar-refractivity contribution in [2.45, 2.75) is 19.9 Å². The molecule has 86 valence electrons. The first kappa shape index (κ1) is 12.2. The molecule has 0 spiro atoms. The Hall–Kier alpha value is -1.91. The average Bonchev–Trinajstić information content (AvgIpc) is 2.35. The van der Waals surface area contributed by atoms with Crippen LogP contribution in [0.3, 0.4) is 0 Å². The molecular formula is C11H14N2O3. The van der Waals surface area contributed by atoms with Crippen LogP contribution in [0.5, 0.6) is 0 Å². The molecule has 0 aliphatic rings. The first-order valence-electron chi connectivity index (χ1n) is 4.98. The van der Waals surface area contributed by atoms with Crippen molar-refractivity contribution in [2.75, 3.05) is 7.11 Å². The van der Waals surface area contributed by atoms with Gasteiger partial charge in [-0.2, -0.15) is 0 Å². The molecule has 0 saturated heterocycles. The Morgan fingerprint density at radius 1 is 1.50 bits per heavy atom. The number of nitrogens with zero attached hydrogens (tertiary/aromatic N) is 1. The van der Waals surface area contributed by atoms with Crippen molar-refractivity contribution in [1.82, 2.24) is 10.3 Å². The number of aromatic nitrogens is 1. The van der Waals surface area contributed by atoms with Crippen molar-refractivity contribution in [2.24, 2.45) is 0 Å². The highest BCUT2D eigenvalue weighted by molar-refractivity contribution is 6.32. The molecule has 0 aliphatic carbocycles. The largest absolute Gasteiger partial charge is 0.462 e. The van der Waals surface area contributed by atoms with Gasteiger partial charge in [0.15, 0.2) is 0 Å². The molecule has 5 heteroatoms. The van der Waals surface area contributed by atoms with E-state index < -0.39 is 11.9 Å². The smallest absolute Gasteiger partial charge is 0.396 e. The van der Waals surface area contributed by atoms with Gasteiger partial charge >= 0.3 is 11.9 Å². The Kier molecular flexibility index (Phi) is 4.44. The van der Waals surface area contributed by atoms with Crippen LogP contribution in [-0.2, 0) is 27.3 Å². The van der Waals surface area contributed by atoms with Gasteiger partial charge in [-0.3, -0.25) is 9.78 Å². The predicted molar refractivity (Wildman–Crippen MR) is 57.5 cm³/mol. The monoisotopic (exact) mass is 222 g/mol. The second kappa shape index (κ2) is 5.85. The summed E-state index contributed by atoms with van der Waals surface area (Å²) < 4.78 is 4.29. The van der Waals surface area contributed by atoms with Gasteiger partial charge in [-0.25, -0.2) is 4.79 Å². The molecular weight excluding hydrogens is 208 g/mol. The number of amides is 1. The fraction of sp³-hybridized carbons (Fsp3) is 0.364. The van der Waals surface area contributed by atoms with Gasteiger partial charge in [0.05, 0.1) is 19.3 Å². The summed E-state index contributed by atoms with van der Waals surface area (Å²) in [6.45, 7) is 2.24. The van der Waals surface area contributed by atoms with Crippen LogP contribution in [0.4, 0.5) is 0 Å². The zero-order valence-corrected chi connectivity index (χ0v) is 9.32. The topological polar surface area (TPSA) is 68.3 Å². The number of nitrogens with one attached hydrogen (secondary N) is 1. The minimum Gasteiger partial charge on any atom is -0.462 e. The van der Waals surface area contributed by atoms with Crippen molar-refractivity contribution < 1.29 is 14.3 Å². The van der Waals surface area contributed by atoms with Crippen molar-refractivity contribution >= 4 is 11.9 Å². The number of carbonyl (C=O) groups is 2. The van der Waals surface area contributed by atoms with Crippen LogP contribution >= 0.6 is 0 Å². The quantitative estimate of drug-likeness (QED) is 0.595. The van der Waals surface area contributed by atoms with E-state index in [0.717, 1.165) is 17.7 Å². The molecule has 1 rings (SSSR count). The molecule has 1 heterocycles. The lowest BCUT2D eigenvalue weighted by molar-refractivity contribution is -0.152. The first-order chi connectivity index (χ1) is 7.69. The second-order valence-corrected chi connectivity index (χ2v) is 3.14. The Morgan fingerprint density at radius 2 is 2.25 bits per heavy atom. The number of methoxy groups -OCH3 is 1. The minimum atomic E-state index is -0.894. The van der Waals surface area contributed by atoms with E-state index in [9.17, 15) is 9.59 Å². The standard InChI is InChI=1S/C11H14N2O3/c1-3-8-5-4-6-12-9(8)7-13-10(14)11(15)16-2/h4-6H,3,7H2,1-2H3,(H,13,14). The van der Waals surface area contributed by atoms with Crippen molar-refractivity contribution in [3.63, 3.8) is 0 Å². The Morgan fingerprint density at radius 3 is 2.88 bits per heavy atom. The Labute approximate surface area is 93.8 Å². The number of hydrogen-bond acceptors (Lipinski definition) is 4. The number of carbonyl (C=O) groups excluding carboxylic acids is 2. The lowest BCUT2D eigenvalue weighted by Crippen LogP contribution is -2.31. The summed E-state index contributed by atoms with van der Waals surface area (Å²) in [4.78, 5) is 26.1. The van der Waals surface area contributed by atoms with E-state index in [-0.39, 0.29) is 6.54 Å². The molecule has 1 amide bonds. The molecule has 0 aromatic carbocycles. The first-order valence-corrected chi connectivity index (χ1v) is 4.98. The number of rotatable bonds is 3. The zero-order valence-electron chi connectivity index (χ0n) is 9.32. The van der Waals surface area contributed by atoms with Gasteiger partial charge in [0.25, 0.3) is 0 Å². The van der Waals surface area contributed by atoms with E-state index in [1.54, 1.807) is 6.20 Å². The maximum atomic E-state index is 11.1. The highest BCUT2D eigenvalue weighted by atomic mass is 16.5. The highest BCUT2D eigenvalue weighted by Crippen LogP contribution is 2.05. The van der Waals surface area contributed by atoms with Crippen LogP contribution in [0.2, 0.25) is 0 Å². The van der Waals surface area contributed by atoms with Crippen LogP contribution in [0.15, 0.2) is 18.3 Å². The average molecular weight is 222 g/mol. The maximum Gasteiger partial charge on any atom is 0.396 e. The minimum absolute atomic E-state index is 0.234. The Balaban J connectivity index is 2.61. The van der Waals surface area contributed by atoms with Crippen LogP contribution in [0.1, 0.15) is 18.2 Å². The summed E-state index contributed by atoms with van der Waals surface area (Å²) in [5.41, 5.74) is 1.81. The van der Waals surface area contributed by atoms with E-state index in [0.29, 0.717) is 0 Å². The molecule has 1 N–H and O–H groups in total. The summed E-state index contributed by atoms with van der Waals surface area (Å²) >= 11 is 0. The van der Waals surface area contributed by atoms with E-state index in [1.165, 1.54) is 7.11 Å². The lowest BCUT2D eigenvalue weighted by atomic mass is 10.1. The number of ether oxygens (including phenoxy) is 1. The molecule has 0 unspecified atom stereocenters. The van der Waals surface area contributed by atoms with Gasteiger partial charge in [0, 0.05) is 6.20 Å². The number of aryl methyl sites for hydroxylation is 1. The molecule has 0 bridgehead atoms. The maximum absolute atomic E-state index is 11.1. The molecule has 0 atom stereocenters. The molecule has 1 aromatic rings. The van der Waals surface area contributed by atoms with Crippen molar-refractivity contribution in [1.29, 1.82) is 0 Å². The van der Waals surface area contributed by atoms with E-state index in [2.05, 4.69) is 15.0 Å². The van der Waals surface area contributed by atoms with Gasteiger partial charge in [-0.05, 0) is 18.1 Å². The zero-order chi connectivity index (χ0) is 12.0. The van der Waals surface area contributed by atoms with Crippen LogP contribution in [0, 0.1) is 0 Å². The van der Waals surface area contributed by atoms with Crippen molar-refractivity contribution in [3.05, 3.63) is 29.6 Å². The third-order valence-electron chi connectivity index (χ3n) is 2.15. The molecule has 0 fully saturated rings. The SMILES string of the molecule is CCc1cccnc1CNC(=O)C(=O)OC. The normalized spacial score (nSPS) is 9.62. The molecule has 5 nitrogen and oxygen atoms in total. The lowest BCUT2D eigenvalue weighted by Gasteiger charge is -2.06. The van der Waals surface area contributed by atoms with Crippen LogP contribution in [-0.4, -0.2) is 24.0 Å². The molecule has 0 radical (unpaired) electrons. The Bertz CT molecular complexity index is 391. The second-order valence-electron chi connectivity index (χ2n) is 3.14. The molecule has 1 aromatic heterocycles. The summed E-state index contributed by atoms with van der Waals surface area (Å²) in [5, 5.41) is 2.45. The van der Waals surface area contributed by atoms with Gasteiger partial charge in [-0.1, -0.05) is 13.0 Å². The van der Waals surface area contributed by atoms with Crippen LogP contribution in [0.25, 0.3) is 0 Å². The van der Waals surface area contributed by atoms with Crippen molar-refractivity contribution in [3.8, 4) is 0 Å². The van der Waals surface area contributed by atoms with Gasteiger partial charge in [0.1, 0.15) is 0 Å². The van der Waals surface area contributed by atoms with Gasteiger partial charge in [0.2, 0.25) is 0 Å². The van der Waals surface area contributed by atoms with Gasteiger partial charge < -0.3 is 10.1 Å². The van der Waals surface area contributed by atoms with E-state index in [4.69, 9.17) is 0 Å². The number of pyridine rings is 1. The highest BCUT2D eigenvalue weighted by Gasteiger charge is 2.13. The third kappa shape index (κ3) is 3.05. The molecule has 0 saturated carbocycles. The molecule has 0 aliphatic heterocycles. The fourth-order valence-electron chi connectivity index (χ4n) is 1.28. The summed E-state index contributed by atoms with van der Waals surface area (Å²) in [6.07, 6.45) is 2.48. The summed E-state index contributed by atoms with van der Waals surface area (Å²) in [5.74, 6) is -1.65. The third-order valence-corrected chi connectivity index (χ3v) is 2.15. The predicted octanol–water partition coefficient (Wildman–Crippen LogP) is 0.433. The van der Waals surface area contributed by atoms with E-state index >= 15 is 0 Å². The summed E-state index contributed by atoms with van der Waals surface area (Å²) in [6, 6.07) is 3.77. The van der Waals surface area contributed by atoms with Crippen LogP contribution < -0.4 is 5.32 Å². The number of esters is 1. The summed E-state index contributed by atoms with van der Waals surface area (Å²) in [7, 11) is 1.17. The van der Waals surface area contributed by atoms with E-state index in [1.807, 2.05) is 19.1 Å². The fourth-order valence-corrected chi connectivity index (χ4v) is 1.28.